The van der Waals surface area contributed by atoms with Gasteiger partial charge in [-0.3, -0.25) is 9.63 Å². The number of hydroxylamine groups is 2. The molecule has 0 radical (unpaired) electrons. The van der Waals surface area contributed by atoms with Crippen LogP contribution < -0.4 is 4.57 Å². The van der Waals surface area contributed by atoms with Crippen LogP contribution in [0.4, 0.5) is 4.79 Å². The molecule has 0 saturated heterocycles. The van der Waals surface area contributed by atoms with Crippen molar-refractivity contribution in [3.05, 3.63) is 30.6 Å². The van der Waals surface area contributed by atoms with Crippen molar-refractivity contribution in [2.45, 2.75) is 122 Å². The lowest BCUT2D eigenvalue weighted by atomic mass is 10.0. The van der Waals surface area contributed by atoms with Gasteiger partial charge in [0, 0.05) is 18.7 Å². The van der Waals surface area contributed by atoms with E-state index in [1.165, 1.54) is 102 Å². The largest absolute Gasteiger partial charge is 0.508 e. The molecule has 8 nitrogen and oxygen atoms in total. The average Bonchev–Trinajstić information content (AvgIpc) is 2.96. The summed E-state index contributed by atoms with van der Waals surface area (Å²) in [5.41, 5.74) is 0. The van der Waals surface area contributed by atoms with E-state index < -0.39 is 12.3 Å². The van der Waals surface area contributed by atoms with Crippen molar-refractivity contribution in [2.24, 2.45) is 0 Å². The van der Waals surface area contributed by atoms with Gasteiger partial charge in [-0.05, 0) is 6.42 Å². The lowest BCUT2D eigenvalue weighted by molar-refractivity contribution is -0.697. The highest BCUT2D eigenvalue weighted by Crippen LogP contribution is 2.13. The molecule has 1 atom stereocenters. The second-order valence-corrected chi connectivity index (χ2v) is 10.2. The van der Waals surface area contributed by atoms with Gasteiger partial charge >= 0.3 is 6.16 Å². The van der Waals surface area contributed by atoms with Crippen molar-refractivity contribution in [2.75, 3.05) is 33.5 Å². The molecule has 0 N–H and O–H groups in total. The topological polar surface area (TPSA) is 78.2 Å². The number of methoxy groups -OCH3 is 1. The first-order valence-corrected chi connectivity index (χ1v) is 15.3. The molecule has 224 valence electrons. The van der Waals surface area contributed by atoms with E-state index in [4.69, 9.17) is 14.3 Å². The number of carbonyl (C=O) groups is 2. The number of carbonyl (C=O) groups excluding carboxylic acids is 2. The van der Waals surface area contributed by atoms with Gasteiger partial charge in [0.2, 0.25) is 6.41 Å². The normalized spacial score (nSPS) is 11.7. The number of pyridine rings is 1. The molecule has 0 aliphatic carbocycles. The fraction of sp³-hybridized carbons (Fsp3) is 0.774. The summed E-state index contributed by atoms with van der Waals surface area (Å²) in [5, 5.41) is 1.20. The SMILES string of the molecule is CCCCCCCCCCCCCCCCCCOCC(CON(C=O)CC[n+]1ccccc1)OC(=O)OC. The summed E-state index contributed by atoms with van der Waals surface area (Å²) in [4.78, 5) is 28.5. The summed E-state index contributed by atoms with van der Waals surface area (Å²) < 4.78 is 17.5. The van der Waals surface area contributed by atoms with Crippen LogP contribution in [0.25, 0.3) is 0 Å². The minimum absolute atomic E-state index is 0.00621. The number of hydrogen-bond acceptors (Lipinski definition) is 6. The van der Waals surface area contributed by atoms with Crippen LogP contribution in [0, 0.1) is 0 Å². The highest BCUT2D eigenvalue weighted by atomic mass is 16.7. The molecule has 1 aromatic heterocycles. The van der Waals surface area contributed by atoms with Crippen LogP contribution >= 0.6 is 0 Å². The molecule has 1 unspecified atom stereocenters. The molecule has 1 heterocycles. The summed E-state index contributed by atoms with van der Waals surface area (Å²) in [7, 11) is 1.26. The van der Waals surface area contributed by atoms with Crippen molar-refractivity contribution < 1.29 is 33.2 Å². The fourth-order valence-electron chi connectivity index (χ4n) is 4.39. The fourth-order valence-corrected chi connectivity index (χ4v) is 4.39. The second-order valence-electron chi connectivity index (χ2n) is 10.2. The highest BCUT2D eigenvalue weighted by molar-refractivity contribution is 5.59. The van der Waals surface area contributed by atoms with E-state index in [0.29, 0.717) is 26.1 Å². The van der Waals surface area contributed by atoms with Gasteiger partial charge in [-0.1, -0.05) is 109 Å². The van der Waals surface area contributed by atoms with Gasteiger partial charge in [-0.15, -0.1) is 0 Å². The molecule has 0 aromatic carbocycles. The van der Waals surface area contributed by atoms with Gasteiger partial charge in [-0.2, -0.15) is 0 Å². The Morgan fingerprint density at radius 3 is 1.85 bits per heavy atom. The van der Waals surface area contributed by atoms with Crippen LogP contribution in [-0.4, -0.2) is 57.2 Å². The predicted molar refractivity (Wildman–Crippen MR) is 153 cm³/mol. The number of rotatable bonds is 27. The molecule has 0 saturated carbocycles. The van der Waals surface area contributed by atoms with Gasteiger partial charge in [0.1, 0.15) is 13.2 Å². The average molecular weight is 552 g/mol. The first-order chi connectivity index (χ1) is 19.2. The lowest BCUT2D eigenvalue weighted by Crippen LogP contribution is -2.41. The van der Waals surface area contributed by atoms with Crippen molar-refractivity contribution in [1.82, 2.24) is 5.06 Å². The van der Waals surface area contributed by atoms with Crippen LogP contribution in [0.3, 0.4) is 0 Å². The van der Waals surface area contributed by atoms with E-state index in [2.05, 4.69) is 11.7 Å². The summed E-state index contributed by atoms with van der Waals surface area (Å²) in [5.74, 6) is 0. The monoisotopic (exact) mass is 551 g/mol. The molecule has 1 rings (SSSR count). The van der Waals surface area contributed by atoms with Gasteiger partial charge < -0.3 is 14.2 Å². The van der Waals surface area contributed by atoms with Crippen LogP contribution in [0.2, 0.25) is 0 Å². The number of unbranched alkanes of at least 4 members (excludes halogenated alkanes) is 15. The molecule has 39 heavy (non-hydrogen) atoms. The van der Waals surface area contributed by atoms with E-state index in [1.54, 1.807) is 0 Å². The lowest BCUT2D eigenvalue weighted by Gasteiger charge is -2.21. The number of nitrogens with zero attached hydrogens (tertiary/aromatic N) is 2. The van der Waals surface area contributed by atoms with Crippen LogP contribution in [0.1, 0.15) is 110 Å². The summed E-state index contributed by atoms with van der Waals surface area (Å²) in [6, 6.07) is 5.77. The molecule has 0 fully saturated rings. The van der Waals surface area contributed by atoms with Gasteiger partial charge in [-0.25, -0.2) is 14.4 Å². The van der Waals surface area contributed by atoms with Crippen LogP contribution in [-0.2, 0) is 30.4 Å². The minimum Gasteiger partial charge on any atom is -0.438 e. The predicted octanol–water partition coefficient (Wildman–Crippen LogP) is 6.79. The number of hydrogen-bond donors (Lipinski definition) is 0. The standard InChI is InChI=1S/C31H55N2O6/c1-3-4-5-6-7-8-9-10-11-12-13-14-15-16-17-21-26-37-27-30(39-31(35)36-2)28-38-33(29-34)25-24-32-22-19-18-20-23-32/h18-20,22-23,29-30H,3-17,21,24-28H2,1-2H3/q+1. The Bertz CT molecular complexity index is 691. The first-order valence-electron chi connectivity index (χ1n) is 15.3. The minimum atomic E-state index is -0.799. The van der Waals surface area contributed by atoms with Crippen molar-refractivity contribution >= 4 is 12.6 Å². The molecular formula is C31H55N2O6+. The molecule has 0 aliphatic heterocycles. The maximum Gasteiger partial charge on any atom is 0.508 e. The first kappa shape index (κ1) is 34.8. The van der Waals surface area contributed by atoms with E-state index in [1.807, 2.05) is 35.2 Å². The number of ether oxygens (including phenoxy) is 3. The third kappa shape index (κ3) is 21.3. The molecule has 1 aromatic rings. The molecule has 0 aliphatic rings. The van der Waals surface area contributed by atoms with Crippen LogP contribution in [0.15, 0.2) is 30.6 Å². The molecule has 0 spiro atoms. The Morgan fingerprint density at radius 1 is 0.795 bits per heavy atom. The number of amides is 1. The van der Waals surface area contributed by atoms with Gasteiger partial charge in [0.15, 0.2) is 25.0 Å². The van der Waals surface area contributed by atoms with Gasteiger partial charge in [0.25, 0.3) is 0 Å². The Kier molecular flexibility index (Phi) is 23.3. The molecular weight excluding hydrogens is 496 g/mol. The summed E-state index contributed by atoms with van der Waals surface area (Å²) in [6.07, 6.45) is 24.2. The second kappa shape index (κ2) is 26.1. The summed E-state index contributed by atoms with van der Waals surface area (Å²) >= 11 is 0. The Morgan fingerprint density at radius 2 is 1.33 bits per heavy atom. The highest BCUT2D eigenvalue weighted by Gasteiger charge is 2.18. The zero-order chi connectivity index (χ0) is 28.2. The zero-order valence-corrected chi connectivity index (χ0v) is 24.7. The molecule has 0 bridgehead atoms. The van der Waals surface area contributed by atoms with Crippen molar-refractivity contribution in [3.8, 4) is 0 Å². The third-order valence-electron chi connectivity index (χ3n) is 6.78. The smallest absolute Gasteiger partial charge is 0.438 e. The maximum absolute atomic E-state index is 11.6. The third-order valence-corrected chi connectivity index (χ3v) is 6.78. The van der Waals surface area contributed by atoms with E-state index in [0.717, 1.165) is 12.8 Å². The Balaban J connectivity index is 2.04. The molecule has 1 amide bonds. The van der Waals surface area contributed by atoms with E-state index in [-0.39, 0.29) is 13.2 Å². The Hall–Kier alpha value is -2.19. The van der Waals surface area contributed by atoms with Crippen LogP contribution in [0.5, 0.6) is 0 Å². The molecule has 8 heteroatoms. The summed E-state index contributed by atoms with van der Waals surface area (Å²) in [6.45, 7) is 4.01. The zero-order valence-electron chi connectivity index (χ0n) is 24.7. The number of aromatic nitrogens is 1. The van der Waals surface area contributed by atoms with Gasteiger partial charge in [0.05, 0.1) is 13.7 Å². The van der Waals surface area contributed by atoms with Crippen molar-refractivity contribution in [3.63, 3.8) is 0 Å². The maximum atomic E-state index is 11.6. The van der Waals surface area contributed by atoms with E-state index in [9.17, 15) is 9.59 Å². The van der Waals surface area contributed by atoms with E-state index >= 15 is 0 Å². The quantitative estimate of drug-likeness (QED) is 0.0394. The Labute approximate surface area is 237 Å². The van der Waals surface area contributed by atoms with Crippen molar-refractivity contribution in [1.29, 1.82) is 0 Å².